The summed E-state index contributed by atoms with van der Waals surface area (Å²) in [5, 5.41) is 2.82. The number of amides is 1. The van der Waals surface area contributed by atoms with E-state index in [2.05, 4.69) is 14.9 Å². The van der Waals surface area contributed by atoms with Gasteiger partial charge in [0.05, 0.1) is 18.1 Å². The lowest BCUT2D eigenvalue weighted by Gasteiger charge is -2.26. The van der Waals surface area contributed by atoms with Gasteiger partial charge >= 0.3 is 0 Å². The average Bonchev–Trinajstić information content (AvgIpc) is 2.79. The van der Waals surface area contributed by atoms with Crippen molar-refractivity contribution in [3.63, 3.8) is 0 Å². The molecule has 0 bridgehead atoms. The number of rotatable bonds is 6. The molecule has 1 aromatic rings. The lowest BCUT2D eigenvalue weighted by molar-refractivity contribution is -0.116. The number of nitrogens with zero attached hydrogens (tertiary/aromatic N) is 1. The Morgan fingerprint density at radius 1 is 1.20 bits per heavy atom. The van der Waals surface area contributed by atoms with Crippen molar-refractivity contribution in [2.75, 3.05) is 44.7 Å². The molecule has 2 aliphatic rings. The van der Waals surface area contributed by atoms with E-state index in [1.54, 1.807) is 18.2 Å². The maximum atomic E-state index is 12.5. The first-order valence-electron chi connectivity index (χ1n) is 8.77. The molecule has 0 unspecified atom stereocenters. The van der Waals surface area contributed by atoms with E-state index in [0.717, 1.165) is 51.3 Å². The molecule has 0 radical (unpaired) electrons. The monoisotopic (exact) mass is 367 g/mol. The minimum atomic E-state index is -3.53. The van der Waals surface area contributed by atoms with Gasteiger partial charge in [0, 0.05) is 31.7 Å². The summed E-state index contributed by atoms with van der Waals surface area (Å²) in [6.45, 7) is 4.58. The van der Waals surface area contributed by atoms with Crippen LogP contribution >= 0.6 is 0 Å². The summed E-state index contributed by atoms with van der Waals surface area (Å²) in [5.74, 6) is -0.0180. The van der Waals surface area contributed by atoms with Gasteiger partial charge in [-0.2, -0.15) is 0 Å². The fourth-order valence-corrected chi connectivity index (χ4v) is 4.26. The summed E-state index contributed by atoms with van der Waals surface area (Å²) in [6.07, 6.45) is 2.67. The predicted molar refractivity (Wildman–Crippen MR) is 95.1 cm³/mol. The Labute approximate surface area is 148 Å². The highest BCUT2D eigenvalue weighted by molar-refractivity contribution is 7.89. The number of nitrogens with one attached hydrogen (secondary N) is 2. The fraction of sp³-hybridized carbons (Fsp3) is 0.588. The van der Waals surface area contributed by atoms with Crippen molar-refractivity contribution in [3.8, 4) is 0 Å². The molecule has 3 rings (SSSR count). The number of fused-ring (bicyclic) bond motifs is 1. The molecule has 1 amide bonds. The van der Waals surface area contributed by atoms with Crippen molar-refractivity contribution in [2.45, 2.75) is 30.6 Å². The Morgan fingerprint density at radius 3 is 2.80 bits per heavy atom. The van der Waals surface area contributed by atoms with Gasteiger partial charge in [0.2, 0.25) is 15.9 Å². The van der Waals surface area contributed by atoms with E-state index < -0.39 is 10.0 Å². The van der Waals surface area contributed by atoms with Gasteiger partial charge in [-0.05, 0) is 49.6 Å². The molecule has 1 saturated heterocycles. The van der Waals surface area contributed by atoms with Crippen LogP contribution in [-0.4, -0.2) is 58.6 Å². The molecule has 0 aliphatic carbocycles. The van der Waals surface area contributed by atoms with Crippen LogP contribution in [0.15, 0.2) is 23.1 Å². The van der Waals surface area contributed by atoms with Gasteiger partial charge in [0.25, 0.3) is 0 Å². The third kappa shape index (κ3) is 5.01. The van der Waals surface area contributed by atoms with Gasteiger partial charge in [0.15, 0.2) is 0 Å². The molecule has 0 aromatic heterocycles. The first-order chi connectivity index (χ1) is 12.0. The van der Waals surface area contributed by atoms with E-state index in [4.69, 9.17) is 4.74 Å². The van der Waals surface area contributed by atoms with Crippen molar-refractivity contribution < 1.29 is 17.9 Å². The zero-order valence-corrected chi connectivity index (χ0v) is 15.1. The largest absolute Gasteiger partial charge is 0.379 e. The van der Waals surface area contributed by atoms with E-state index in [1.165, 1.54) is 0 Å². The minimum absolute atomic E-state index is 0.0180. The molecule has 0 spiro atoms. The van der Waals surface area contributed by atoms with E-state index in [9.17, 15) is 13.2 Å². The summed E-state index contributed by atoms with van der Waals surface area (Å²) >= 11 is 0. The summed E-state index contributed by atoms with van der Waals surface area (Å²) < 4.78 is 32.9. The van der Waals surface area contributed by atoms with Gasteiger partial charge < -0.3 is 10.1 Å². The number of hydrogen-bond donors (Lipinski definition) is 2. The molecular weight excluding hydrogens is 342 g/mol. The summed E-state index contributed by atoms with van der Waals surface area (Å²) in [4.78, 5) is 14.1. The van der Waals surface area contributed by atoms with E-state index in [0.29, 0.717) is 25.1 Å². The Kier molecular flexibility index (Phi) is 6.06. The van der Waals surface area contributed by atoms with Crippen LogP contribution in [0.3, 0.4) is 0 Å². The zero-order chi connectivity index (χ0) is 17.7. The summed E-state index contributed by atoms with van der Waals surface area (Å²) in [6, 6.07) is 4.90. The van der Waals surface area contributed by atoms with Crippen LogP contribution < -0.4 is 10.0 Å². The van der Waals surface area contributed by atoms with Crippen LogP contribution in [0.2, 0.25) is 0 Å². The van der Waals surface area contributed by atoms with Gasteiger partial charge in [-0.25, -0.2) is 13.1 Å². The Hall–Kier alpha value is -1.48. The molecule has 1 aromatic carbocycles. The van der Waals surface area contributed by atoms with Gasteiger partial charge in [-0.15, -0.1) is 0 Å². The normalized spacial score (nSPS) is 19.1. The number of hydrogen-bond acceptors (Lipinski definition) is 5. The maximum Gasteiger partial charge on any atom is 0.240 e. The van der Waals surface area contributed by atoms with Crippen LogP contribution in [0.4, 0.5) is 5.69 Å². The second kappa shape index (κ2) is 8.27. The number of ether oxygens (including phenoxy) is 1. The lowest BCUT2D eigenvalue weighted by Crippen LogP contribution is -2.38. The fourth-order valence-electron chi connectivity index (χ4n) is 3.14. The predicted octanol–water partition coefficient (Wildman–Crippen LogP) is 0.962. The topological polar surface area (TPSA) is 87.7 Å². The molecule has 2 heterocycles. The first kappa shape index (κ1) is 18.3. The molecule has 7 nitrogen and oxygen atoms in total. The number of carbonyl (C=O) groups excluding carboxylic acids is 1. The summed E-state index contributed by atoms with van der Waals surface area (Å²) in [7, 11) is -3.53. The highest BCUT2D eigenvalue weighted by Gasteiger charge is 2.19. The lowest BCUT2D eigenvalue weighted by atomic mass is 10.1. The zero-order valence-electron chi connectivity index (χ0n) is 14.3. The van der Waals surface area contributed by atoms with Crippen molar-refractivity contribution in [2.24, 2.45) is 0 Å². The van der Waals surface area contributed by atoms with Crippen LogP contribution in [-0.2, 0) is 26.0 Å². The Bertz CT molecular complexity index is 715. The highest BCUT2D eigenvalue weighted by atomic mass is 32.2. The SMILES string of the molecule is O=C1CCCc2cc(S(=O)(=O)NCCCN3CCOCC3)ccc2N1. The molecule has 1 fully saturated rings. The second-order valence-electron chi connectivity index (χ2n) is 6.43. The third-order valence-corrected chi connectivity index (χ3v) is 6.02. The Morgan fingerprint density at radius 2 is 2.00 bits per heavy atom. The number of benzene rings is 1. The van der Waals surface area contributed by atoms with Crippen LogP contribution in [0.1, 0.15) is 24.8 Å². The molecule has 2 N–H and O–H groups in total. The maximum absolute atomic E-state index is 12.5. The van der Waals surface area contributed by atoms with E-state index in [-0.39, 0.29) is 10.8 Å². The van der Waals surface area contributed by atoms with Crippen molar-refractivity contribution >= 4 is 21.6 Å². The molecule has 138 valence electrons. The van der Waals surface area contributed by atoms with E-state index >= 15 is 0 Å². The molecule has 2 aliphatic heterocycles. The van der Waals surface area contributed by atoms with Crippen molar-refractivity contribution in [3.05, 3.63) is 23.8 Å². The smallest absolute Gasteiger partial charge is 0.240 e. The van der Waals surface area contributed by atoms with Crippen LogP contribution in [0, 0.1) is 0 Å². The molecule has 8 heteroatoms. The van der Waals surface area contributed by atoms with E-state index in [1.807, 2.05) is 0 Å². The number of morpholine rings is 1. The van der Waals surface area contributed by atoms with Crippen LogP contribution in [0.25, 0.3) is 0 Å². The minimum Gasteiger partial charge on any atom is -0.379 e. The number of anilines is 1. The average molecular weight is 367 g/mol. The Balaban J connectivity index is 1.56. The standard InChI is InChI=1S/C17H25N3O4S/c21-17-4-1-3-14-13-15(5-6-16(14)19-17)25(22,23)18-7-2-8-20-9-11-24-12-10-20/h5-6,13,18H,1-4,7-12H2,(H,19,21). The molecule has 25 heavy (non-hydrogen) atoms. The molecule has 0 atom stereocenters. The van der Waals surface area contributed by atoms with Gasteiger partial charge in [-0.3, -0.25) is 9.69 Å². The van der Waals surface area contributed by atoms with Crippen LogP contribution in [0.5, 0.6) is 0 Å². The quantitative estimate of drug-likeness (QED) is 0.732. The second-order valence-corrected chi connectivity index (χ2v) is 8.19. The first-order valence-corrected chi connectivity index (χ1v) is 10.3. The third-order valence-electron chi connectivity index (χ3n) is 4.56. The molecular formula is C17H25N3O4S. The molecule has 0 saturated carbocycles. The highest BCUT2D eigenvalue weighted by Crippen LogP contribution is 2.25. The van der Waals surface area contributed by atoms with Crippen molar-refractivity contribution in [1.29, 1.82) is 0 Å². The van der Waals surface area contributed by atoms with Crippen molar-refractivity contribution in [1.82, 2.24) is 9.62 Å². The van der Waals surface area contributed by atoms with Gasteiger partial charge in [-0.1, -0.05) is 0 Å². The number of sulfonamides is 1. The number of aryl methyl sites for hydroxylation is 1. The number of carbonyl (C=O) groups is 1. The summed E-state index contributed by atoms with van der Waals surface area (Å²) in [5.41, 5.74) is 1.59. The van der Waals surface area contributed by atoms with Gasteiger partial charge in [0.1, 0.15) is 0 Å².